The van der Waals surface area contributed by atoms with Crippen LogP contribution in [0.1, 0.15) is 42.2 Å². The largest absolute Gasteiger partial charge is 0.504 e. The second kappa shape index (κ2) is 4.17. The molecule has 6 nitrogen and oxygen atoms in total. The van der Waals surface area contributed by atoms with Gasteiger partial charge >= 0.3 is 5.97 Å². The van der Waals surface area contributed by atoms with Crippen LogP contribution < -0.4 is 0 Å². The van der Waals surface area contributed by atoms with Crippen LogP contribution in [0.4, 0.5) is 0 Å². The molecule has 3 rings (SSSR count). The molecule has 0 radical (unpaired) electrons. The Balaban J connectivity index is 2.30. The van der Waals surface area contributed by atoms with Gasteiger partial charge in [0.15, 0.2) is 23.1 Å². The number of fused-ring (bicyclic) bond motifs is 2. The molecule has 0 saturated carbocycles. The Morgan fingerprint density at radius 2 is 1.52 bits per heavy atom. The summed E-state index contributed by atoms with van der Waals surface area (Å²) in [6.45, 7) is 0. The first kappa shape index (κ1) is 12.9. The van der Waals surface area contributed by atoms with E-state index in [2.05, 4.69) is 0 Å². The molecule has 0 bridgehead atoms. The van der Waals surface area contributed by atoms with Crippen LogP contribution >= 0.6 is 0 Å². The van der Waals surface area contributed by atoms with E-state index >= 15 is 0 Å². The van der Waals surface area contributed by atoms with Crippen molar-refractivity contribution in [2.24, 2.45) is 0 Å². The molecule has 0 saturated heterocycles. The summed E-state index contributed by atoms with van der Waals surface area (Å²) in [5.74, 6) is -3.57. The number of hydrogen-bond donors (Lipinski definition) is 3. The molecule has 0 unspecified atom stereocenters. The first-order valence-corrected chi connectivity index (χ1v) is 5.93. The summed E-state index contributed by atoms with van der Waals surface area (Å²) < 4.78 is 0. The van der Waals surface area contributed by atoms with Crippen LogP contribution in [0.5, 0.6) is 11.5 Å². The van der Waals surface area contributed by atoms with E-state index in [1.165, 1.54) is 18.2 Å². The van der Waals surface area contributed by atoms with Crippen LogP contribution in [0.15, 0.2) is 30.3 Å². The van der Waals surface area contributed by atoms with Crippen molar-refractivity contribution in [1.82, 2.24) is 0 Å². The number of aromatic carboxylic acids is 1. The topological polar surface area (TPSA) is 112 Å². The standard InChI is InChI=1S/C15H8O6/c16-10-4-3-8-11(14(10)19)13(18)7-2-1-6(15(20)21)5-9(7)12(8)17/h1-5,16,19H,(H,20,21). The van der Waals surface area contributed by atoms with Crippen LogP contribution in [0.2, 0.25) is 0 Å². The molecule has 2 aromatic rings. The summed E-state index contributed by atoms with van der Waals surface area (Å²) in [5, 5.41) is 28.2. The molecule has 2 aromatic carbocycles. The van der Waals surface area contributed by atoms with Crippen LogP contribution in [0.25, 0.3) is 0 Å². The molecule has 104 valence electrons. The zero-order valence-electron chi connectivity index (χ0n) is 10.5. The molecule has 0 fully saturated rings. The lowest BCUT2D eigenvalue weighted by atomic mass is 9.82. The summed E-state index contributed by atoms with van der Waals surface area (Å²) in [5.41, 5.74) is -0.474. The van der Waals surface area contributed by atoms with Crippen LogP contribution in [-0.4, -0.2) is 32.9 Å². The van der Waals surface area contributed by atoms with Gasteiger partial charge in [0.2, 0.25) is 0 Å². The fourth-order valence-corrected chi connectivity index (χ4v) is 2.34. The maximum Gasteiger partial charge on any atom is 0.335 e. The third-order valence-electron chi connectivity index (χ3n) is 3.38. The van der Waals surface area contributed by atoms with E-state index in [9.17, 15) is 24.6 Å². The molecule has 0 aromatic heterocycles. The van der Waals surface area contributed by atoms with E-state index in [4.69, 9.17) is 5.11 Å². The summed E-state index contributed by atoms with van der Waals surface area (Å²) in [7, 11) is 0. The van der Waals surface area contributed by atoms with E-state index < -0.39 is 29.0 Å². The maximum absolute atomic E-state index is 12.4. The number of aromatic hydroxyl groups is 2. The zero-order valence-corrected chi connectivity index (χ0v) is 10.5. The van der Waals surface area contributed by atoms with Crippen LogP contribution in [0, 0.1) is 0 Å². The Labute approximate surface area is 117 Å². The van der Waals surface area contributed by atoms with E-state index in [1.807, 2.05) is 0 Å². The van der Waals surface area contributed by atoms with Gasteiger partial charge < -0.3 is 15.3 Å². The Hall–Kier alpha value is -3.15. The third-order valence-corrected chi connectivity index (χ3v) is 3.38. The average Bonchev–Trinajstić information content (AvgIpc) is 2.47. The predicted octanol–water partition coefficient (Wildman–Crippen LogP) is 1.57. The molecule has 21 heavy (non-hydrogen) atoms. The predicted molar refractivity (Wildman–Crippen MR) is 70.0 cm³/mol. The zero-order chi connectivity index (χ0) is 15.3. The molecule has 0 aliphatic heterocycles. The number of hydrogen-bond acceptors (Lipinski definition) is 5. The summed E-state index contributed by atoms with van der Waals surface area (Å²) in [4.78, 5) is 35.6. The number of carboxylic acids is 1. The Morgan fingerprint density at radius 3 is 2.19 bits per heavy atom. The molecular weight excluding hydrogens is 276 g/mol. The van der Waals surface area contributed by atoms with Gasteiger partial charge in [-0.1, -0.05) is 0 Å². The first-order valence-electron chi connectivity index (χ1n) is 5.93. The van der Waals surface area contributed by atoms with Crippen molar-refractivity contribution in [3.63, 3.8) is 0 Å². The monoisotopic (exact) mass is 284 g/mol. The average molecular weight is 284 g/mol. The van der Waals surface area contributed by atoms with Crippen molar-refractivity contribution >= 4 is 17.5 Å². The van der Waals surface area contributed by atoms with E-state index in [1.54, 1.807) is 0 Å². The second-order valence-electron chi connectivity index (χ2n) is 4.58. The van der Waals surface area contributed by atoms with Gasteiger partial charge in [0.25, 0.3) is 0 Å². The van der Waals surface area contributed by atoms with Crippen molar-refractivity contribution in [1.29, 1.82) is 0 Å². The second-order valence-corrected chi connectivity index (χ2v) is 4.58. The Bertz CT molecular complexity index is 834. The van der Waals surface area contributed by atoms with Gasteiger partial charge in [-0.25, -0.2) is 4.79 Å². The quantitative estimate of drug-likeness (QED) is 0.585. The highest BCUT2D eigenvalue weighted by atomic mass is 16.4. The maximum atomic E-state index is 12.4. The minimum atomic E-state index is -1.21. The summed E-state index contributed by atoms with van der Waals surface area (Å²) in [6, 6.07) is 5.89. The van der Waals surface area contributed by atoms with Crippen molar-refractivity contribution in [3.8, 4) is 11.5 Å². The van der Waals surface area contributed by atoms with Crippen molar-refractivity contribution in [2.75, 3.05) is 0 Å². The van der Waals surface area contributed by atoms with E-state index in [0.717, 1.165) is 12.1 Å². The van der Waals surface area contributed by atoms with Gasteiger partial charge in [0.1, 0.15) is 0 Å². The van der Waals surface area contributed by atoms with Crippen LogP contribution in [0.3, 0.4) is 0 Å². The van der Waals surface area contributed by atoms with Gasteiger partial charge in [0.05, 0.1) is 11.1 Å². The molecule has 3 N–H and O–H groups in total. The lowest BCUT2D eigenvalue weighted by Crippen LogP contribution is -2.21. The number of rotatable bonds is 1. The summed E-state index contributed by atoms with van der Waals surface area (Å²) in [6.07, 6.45) is 0. The van der Waals surface area contributed by atoms with Crippen molar-refractivity contribution in [2.45, 2.75) is 0 Å². The minimum Gasteiger partial charge on any atom is -0.504 e. The van der Waals surface area contributed by atoms with E-state index in [-0.39, 0.29) is 27.8 Å². The highest BCUT2D eigenvalue weighted by Gasteiger charge is 2.33. The molecule has 1 aliphatic carbocycles. The summed E-state index contributed by atoms with van der Waals surface area (Å²) >= 11 is 0. The minimum absolute atomic E-state index is 0.00148. The number of carbonyl (C=O) groups excluding carboxylic acids is 2. The molecule has 1 aliphatic rings. The molecule has 0 spiro atoms. The van der Waals surface area contributed by atoms with Gasteiger partial charge in [-0.15, -0.1) is 0 Å². The molecule has 6 heteroatoms. The Morgan fingerprint density at radius 1 is 0.857 bits per heavy atom. The lowest BCUT2D eigenvalue weighted by Gasteiger charge is -2.18. The van der Waals surface area contributed by atoms with Crippen molar-refractivity contribution in [3.05, 3.63) is 58.1 Å². The van der Waals surface area contributed by atoms with Gasteiger partial charge in [-0.3, -0.25) is 9.59 Å². The lowest BCUT2D eigenvalue weighted by molar-refractivity contribution is 0.0696. The number of ketones is 2. The van der Waals surface area contributed by atoms with Gasteiger partial charge in [-0.05, 0) is 30.3 Å². The highest BCUT2D eigenvalue weighted by molar-refractivity contribution is 6.29. The van der Waals surface area contributed by atoms with E-state index in [0.29, 0.717) is 0 Å². The molecular formula is C15H8O6. The normalized spacial score (nSPS) is 12.8. The van der Waals surface area contributed by atoms with Crippen molar-refractivity contribution < 1.29 is 29.7 Å². The number of phenols is 2. The van der Waals surface area contributed by atoms with Gasteiger partial charge in [-0.2, -0.15) is 0 Å². The molecule has 0 amide bonds. The third kappa shape index (κ3) is 1.69. The number of carbonyl (C=O) groups is 3. The number of benzene rings is 2. The Kier molecular flexibility index (Phi) is 2.56. The van der Waals surface area contributed by atoms with Crippen LogP contribution in [-0.2, 0) is 0 Å². The SMILES string of the molecule is O=C(O)c1ccc2c(c1)C(=O)c1ccc(O)c(O)c1C2=O. The molecule has 0 heterocycles. The smallest absolute Gasteiger partial charge is 0.335 e. The first-order chi connectivity index (χ1) is 9.91. The fourth-order valence-electron chi connectivity index (χ4n) is 2.34. The number of phenolic OH excluding ortho intramolecular Hbond substituents is 2. The highest BCUT2D eigenvalue weighted by Crippen LogP contribution is 2.37. The fraction of sp³-hybridized carbons (Fsp3) is 0. The molecule has 0 atom stereocenters. The van der Waals surface area contributed by atoms with Gasteiger partial charge in [0, 0.05) is 16.7 Å². The number of carboxylic acid groups (broad SMARTS) is 1.